The molecule has 0 saturated carbocycles. The lowest BCUT2D eigenvalue weighted by Crippen LogP contribution is -1.86. The molecule has 0 aliphatic rings. The van der Waals surface area contributed by atoms with Crippen LogP contribution in [0.15, 0.2) is 113 Å². The second-order valence-electron chi connectivity index (χ2n) is 7.47. The van der Waals surface area contributed by atoms with Crippen molar-refractivity contribution in [3.05, 3.63) is 109 Å². The smallest absolute Gasteiger partial charge is 0.136 e. The van der Waals surface area contributed by atoms with Crippen LogP contribution in [0.1, 0.15) is 12.3 Å². The molecule has 1 heteroatoms. The molecule has 7 aromatic rings. The molecule has 0 unspecified atom stereocenters. The van der Waals surface area contributed by atoms with Crippen LogP contribution < -0.4 is 0 Å². The third kappa shape index (κ3) is 2.38. The van der Waals surface area contributed by atoms with Crippen molar-refractivity contribution in [2.45, 2.75) is 0 Å². The molecular formula is C30H18O. The zero-order valence-electron chi connectivity index (χ0n) is 25.1. The lowest BCUT2D eigenvalue weighted by atomic mass is 9.90. The maximum Gasteiger partial charge on any atom is 0.136 e. The fourth-order valence-corrected chi connectivity index (χ4v) is 4.44. The summed E-state index contributed by atoms with van der Waals surface area (Å²) in [6.45, 7) is 0. The minimum atomic E-state index is -0.509. The number of hydrogen-bond acceptors (Lipinski definition) is 1. The summed E-state index contributed by atoms with van der Waals surface area (Å²) in [6.07, 6.45) is 0. The van der Waals surface area contributed by atoms with Crippen molar-refractivity contribution < 1.29 is 16.8 Å². The minimum Gasteiger partial charge on any atom is -0.456 e. The van der Waals surface area contributed by atoms with Gasteiger partial charge in [0.15, 0.2) is 0 Å². The number of rotatable bonds is 1. The van der Waals surface area contributed by atoms with Crippen LogP contribution in [0.2, 0.25) is 0 Å². The Balaban J connectivity index is 1.71. The van der Waals surface area contributed by atoms with Crippen LogP contribution in [0.4, 0.5) is 0 Å². The maximum absolute atomic E-state index is 8.88. The number of fused-ring (bicyclic) bond motifs is 7. The van der Waals surface area contributed by atoms with E-state index in [2.05, 4.69) is 0 Å². The lowest BCUT2D eigenvalue weighted by Gasteiger charge is -2.13. The van der Waals surface area contributed by atoms with E-state index in [1.54, 1.807) is 6.07 Å². The molecule has 7 rings (SSSR count). The Labute approximate surface area is 191 Å². The van der Waals surface area contributed by atoms with Crippen LogP contribution in [0.3, 0.4) is 0 Å². The summed E-state index contributed by atoms with van der Waals surface area (Å²) in [5.74, 6) is 0. The lowest BCUT2D eigenvalue weighted by molar-refractivity contribution is 0.669. The number of furan rings is 1. The summed E-state index contributed by atoms with van der Waals surface area (Å²) < 4.78 is 82.7. The third-order valence-electron chi connectivity index (χ3n) is 5.77. The zero-order chi connectivity index (χ0) is 28.2. The normalized spacial score (nSPS) is 15.9. The Morgan fingerprint density at radius 3 is 2.13 bits per heavy atom. The third-order valence-corrected chi connectivity index (χ3v) is 5.77. The van der Waals surface area contributed by atoms with Gasteiger partial charge in [0, 0.05) is 10.8 Å². The quantitative estimate of drug-likeness (QED) is 0.250. The van der Waals surface area contributed by atoms with Gasteiger partial charge in [0.1, 0.15) is 11.2 Å². The average Bonchev–Trinajstić information content (AvgIpc) is 3.35. The Kier molecular flexibility index (Phi) is 2.06. The molecule has 0 N–H and O–H groups in total. The van der Waals surface area contributed by atoms with Gasteiger partial charge in [0.05, 0.1) is 12.3 Å². The van der Waals surface area contributed by atoms with E-state index < -0.39 is 36.3 Å². The van der Waals surface area contributed by atoms with Gasteiger partial charge >= 0.3 is 0 Å². The van der Waals surface area contributed by atoms with Crippen LogP contribution in [0.5, 0.6) is 0 Å². The summed E-state index contributed by atoms with van der Waals surface area (Å²) in [4.78, 5) is 0. The summed E-state index contributed by atoms with van der Waals surface area (Å²) in [5, 5.41) is 3.51. The van der Waals surface area contributed by atoms with Crippen molar-refractivity contribution in [2.75, 3.05) is 0 Å². The van der Waals surface area contributed by atoms with Crippen LogP contribution in [0.25, 0.3) is 65.4 Å². The molecule has 31 heavy (non-hydrogen) atoms. The Morgan fingerprint density at radius 2 is 1.32 bits per heavy atom. The second-order valence-corrected chi connectivity index (χ2v) is 7.47. The number of benzene rings is 6. The SMILES string of the molecule is [2H]c1c([2H])c([2H])c2c(-c3ccc4c(ccc5oc6ccccc6c54)c3)c3c([2H])c([2H])c([2H])c([2H])c3c([2H])c2c1[2H]. The van der Waals surface area contributed by atoms with Crippen molar-refractivity contribution in [1.82, 2.24) is 0 Å². The summed E-state index contributed by atoms with van der Waals surface area (Å²) in [5.41, 5.74) is 2.21. The van der Waals surface area contributed by atoms with Gasteiger partial charge in [-0.25, -0.2) is 0 Å². The van der Waals surface area contributed by atoms with Crippen LogP contribution in [-0.4, -0.2) is 0 Å². The highest BCUT2D eigenvalue weighted by Crippen LogP contribution is 2.40. The first kappa shape index (κ1) is 10.3. The Bertz CT molecular complexity index is 2190. The summed E-state index contributed by atoms with van der Waals surface area (Å²) in [6, 6.07) is 13.0. The Morgan fingerprint density at radius 1 is 0.581 bits per heavy atom. The maximum atomic E-state index is 8.88. The molecule has 0 atom stereocenters. The van der Waals surface area contributed by atoms with Gasteiger partial charge in [-0.15, -0.1) is 0 Å². The van der Waals surface area contributed by atoms with Gasteiger partial charge in [-0.05, 0) is 67.7 Å². The van der Waals surface area contributed by atoms with E-state index in [0.29, 0.717) is 5.56 Å². The van der Waals surface area contributed by atoms with Gasteiger partial charge in [0.25, 0.3) is 0 Å². The first-order chi connectivity index (χ1) is 19.1. The van der Waals surface area contributed by atoms with E-state index in [0.717, 1.165) is 32.7 Å². The topological polar surface area (TPSA) is 13.1 Å². The predicted molar refractivity (Wildman–Crippen MR) is 132 cm³/mol. The molecule has 144 valence electrons. The number of hydrogen-bond donors (Lipinski definition) is 0. The molecule has 0 saturated heterocycles. The average molecular weight is 404 g/mol. The van der Waals surface area contributed by atoms with E-state index in [1.165, 1.54) is 0 Å². The minimum absolute atomic E-state index is 0.0442. The first-order valence-electron chi connectivity index (χ1n) is 14.4. The van der Waals surface area contributed by atoms with E-state index in [1.807, 2.05) is 48.5 Å². The summed E-state index contributed by atoms with van der Waals surface area (Å²) in [7, 11) is 0. The summed E-state index contributed by atoms with van der Waals surface area (Å²) >= 11 is 0. The molecule has 0 spiro atoms. The Hall–Kier alpha value is -4.10. The van der Waals surface area contributed by atoms with Crippen LogP contribution in [0, 0.1) is 0 Å². The molecule has 1 heterocycles. The molecule has 6 aromatic carbocycles. The molecule has 0 aliphatic heterocycles. The molecule has 0 radical (unpaired) electrons. The molecule has 0 fully saturated rings. The molecular weight excluding hydrogens is 376 g/mol. The number of para-hydroxylation sites is 1. The van der Waals surface area contributed by atoms with Crippen molar-refractivity contribution in [1.29, 1.82) is 0 Å². The van der Waals surface area contributed by atoms with E-state index in [4.69, 9.17) is 16.8 Å². The van der Waals surface area contributed by atoms with E-state index in [9.17, 15) is 0 Å². The highest BCUT2D eigenvalue weighted by Gasteiger charge is 2.13. The highest BCUT2D eigenvalue weighted by molar-refractivity contribution is 6.20. The molecule has 0 aliphatic carbocycles. The predicted octanol–water partition coefficient (Wildman–Crippen LogP) is 8.71. The van der Waals surface area contributed by atoms with Gasteiger partial charge in [-0.3, -0.25) is 0 Å². The molecule has 1 aromatic heterocycles. The zero-order valence-corrected chi connectivity index (χ0v) is 16.1. The van der Waals surface area contributed by atoms with Crippen molar-refractivity contribution in [2.24, 2.45) is 0 Å². The van der Waals surface area contributed by atoms with Crippen molar-refractivity contribution in [3.63, 3.8) is 0 Å². The van der Waals surface area contributed by atoms with Crippen molar-refractivity contribution in [3.8, 4) is 11.1 Å². The van der Waals surface area contributed by atoms with Crippen molar-refractivity contribution >= 4 is 54.3 Å². The van der Waals surface area contributed by atoms with Crippen LogP contribution >= 0.6 is 0 Å². The second kappa shape index (κ2) is 6.20. The highest BCUT2D eigenvalue weighted by atomic mass is 16.3. The van der Waals surface area contributed by atoms with E-state index in [-0.39, 0.29) is 45.2 Å². The van der Waals surface area contributed by atoms with Gasteiger partial charge in [-0.2, -0.15) is 0 Å². The fraction of sp³-hybridized carbons (Fsp3) is 0. The van der Waals surface area contributed by atoms with Crippen LogP contribution in [-0.2, 0) is 0 Å². The standard InChI is InChI=1S/C30H18O/c1-3-9-23-19(7-1)17-20-8-2-4-10-24(20)29(23)22-13-15-25-21(18-22)14-16-28-30(25)26-11-5-6-12-27(26)31-28/h1-18H/i1D,2D,3D,4D,7D,8D,9D,10D,17D. The van der Waals surface area contributed by atoms with Gasteiger partial charge in [-0.1, -0.05) is 84.7 Å². The van der Waals surface area contributed by atoms with Gasteiger partial charge < -0.3 is 4.42 Å². The first-order valence-corrected chi connectivity index (χ1v) is 9.88. The fourth-order valence-electron chi connectivity index (χ4n) is 4.44. The molecule has 1 nitrogen and oxygen atoms in total. The largest absolute Gasteiger partial charge is 0.456 e. The van der Waals surface area contributed by atoms with E-state index >= 15 is 0 Å². The monoisotopic (exact) mass is 403 g/mol. The molecule has 0 bridgehead atoms. The van der Waals surface area contributed by atoms with Gasteiger partial charge in [0.2, 0.25) is 0 Å². The molecule has 0 amide bonds.